The van der Waals surface area contributed by atoms with Gasteiger partial charge in [-0.15, -0.1) is 0 Å². The molecule has 1 atom stereocenters. The van der Waals surface area contributed by atoms with E-state index < -0.39 is 15.6 Å². The normalized spacial score (nSPS) is 21.9. The fraction of sp³-hybridized carbons (Fsp3) is 0.682. The molecule has 168 valence electrons. The van der Waals surface area contributed by atoms with Crippen molar-refractivity contribution in [2.24, 2.45) is 4.99 Å². The largest absolute Gasteiger partial charge is 0.352 e. The van der Waals surface area contributed by atoms with E-state index in [-0.39, 0.29) is 0 Å². The zero-order valence-electron chi connectivity index (χ0n) is 18.7. The molecule has 1 aromatic rings. The smallest absolute Gasteiger partial charge is 0.241 e. The summed E-state index contributed by atoms with van der Waals surface area (Å²) in [4.78, 5) is 7.26. The predicted octanol–water partition coefficient (Wildman–Crippen LogP) is 2.45. The third-order valence-corrected chi connectivity index (χ3v) is 7.63. The highest BCUT2D eigenvalue weighted by Gasteiger charge is 2.30. The number of nitrogens with one attached hydrogen (secondary N) is 3. The Morgan fingerprint density at radius 3 is 2.53 bits per heavy atom. The fourth-order valence-electron chi connectivity index (χ4n) is 4.44. The van der Waals surface area contributed by atoms with Crippen molar-refractivity contribution in [1.29, 1.82) is 0 Å². The number of rotatable bonds is 6. The van der Waals surface area contributed by atoms with E-state index in [9.17, 15) is 8.42 Å². The second-order valence-electron chi connectivity index (χ2n) is 9.45. The Morgan fingerprint density at radius 1 is 1.17 bits per heavy atom. The fourth-order valence-corrected chi connectivity index (χ4v) is 6.10. The molecule has 2 fully saturated rings. The van der Waals surface area contributed by atoms with E-state index >= 15 is 0 Å². The van der Waals surface area contributed by atoms with Crippen molar-refractivity contribution in [3.63, 3.8) is 0 Å². The van der Waals surface area contributed by atoms with Crippen LogP contribution in [0.4, 0.5) is 0 Å². The first kappa shape index (κ1) is 23.0. The molecular formula is C22H37N5O2S. The summed E-state index contributed by atoms with van der Waals surface area (Å²) in [6.45, 7) is 8.10. The average Bonchev–Trinajstić information content (AvgIpc) is 3.35. The van der Waals surface area contributed by atoms with E-state index in [1.54, 1.807) is 19.2 Å². The summed E-state index contributed by atoms with van der Waals surface area (Å²) in [5.74, 6) is 0.712. The molecule has 1 saturated heterocycles. The summed E-state index contributed by atoms with van der Waals surface area (Å²) in [5.41, 5.74) is 0.182. The van der Waals surface area contributed by atoms with Crippen molar-refractivity contribution >= 4 is 16.0 Å². The molecule has 3 rings (SSSR count). The van der Waals surface area contributed by atoms with Gasteiger partial charge in [-0.2, -0.15) is 0 Å². The van der Waals surface area contributed by atoms with E-state index in [0.29, 0.717) is 23.4 Å². The van der Waals surface area contributed by atoms with Crippen LogP contribution in [-0.2, 0) is 16.6 Å². The van der Waals surface area contributed by atoms with Gasteiger partial charge in [0.15, 0.2) is 5.96 Å². The van der Waals surface area contributed by atoms with E-state index in [1.165, 1.54) is 25.7 Å². The minimum Gasteiger partial charge on any atom is -0.352 e. The lowest BCUT2D eigenvalue weighted by Gasteiger charge is -2.24. The number of aliphatic imine (C=N–C) groups is 1. The van der Waals surface area contributed by atoms with Crippen molar-refractivity contribution in [3.05, 3.63) is 29.8 Å². The van der Waals surface area contributed by atoms with Crippen LogP contribution >= 0.6 is 0 Å². The lowest BCUT2D eigenvalue weighted by atomic mass is 10.1. The van der Waals surface area contributed by atoms with Gasteiger partial charge in [-0.3, -0.25) is 9.89 Å². The molecule has 1 saturated carbocycles. The lowest BCUT2D eigenvalue weighted by Crippen LogP contribution is -2.45. The maximum atomic E-state index is 12.8. The Balaban J connectivity index is 1.59. The van der Waals surface area contributed by atoms with Crippen LogP contribution in [0.1, 0.15) is 58.4 Å². The summed E-state index contributed by atoms with van der Waals surface area (Å²) in [6.07, 6.45) is 6.47. The van der Waals surface area contributed by atoms with Gasteiger partial charge in [0.25, 0.3) is 0 Å². The molecule has 1 aromatic carbocycles. The maximum absolute atomic E-state index is 12.8. The molecule has 1 aliphatic carbocycles. The van der Waals surface area contributed by atoms with Gasteiger partial charge < -0.3 is 10.6 Å². The second kappa shape index (κ2) is 9.66. The zero-order valence-corrected chi connectivity index (χ0v) is 19.6. The number of hydrogen-bond donors (Lipinski definition) is 3. The second-order valence-corrected chi connectivity index (χ2v) is 11.1. The van der Waals surface area contributed by atoms with Gasteiger partial charge in [-0.1, -0.05) is 31.0 Å². The van der Waals surface area contributed by atoms with Gasteiger partial charge in [0.1, 0.15) is 0 Å². The van der Waals surface area contributed by atoms with Gasteiger partial charge in [0.2, 0.25) is 10.0 Å². The van der Waals surface area contributed by atoms with Crippen LogP contribution in [0.15, 0.2) is 34.2 Å². The van der Waals surface area contributed by atoms with Crippen LogP contribution in [0.3, 0.4) is 0 Å². The maximum Gasteiger partial charge on any atom is 0.241 e. The molecule has 0 radical (unpaired) electrons. The van der Waals surface area contributed by atoms with Crippen LogP contribution in [-0.4, -0.2) is 57.0 Å². The first-order chi connectivity index (χ1) is 14.2. The number of nitrogens with zero attached hydrogens (tertiary/aromatic N) is 2. The molecule has 30 heavy (non-hydrogen) atoms. The van der Waals surface area contributed by atoms with Crippen molar-refractivity contribution in [1.82, 2.24) is 20.3 Å². The van der Waals surface area contributed by atoms with Crippen molar-refractivity contribution in [2.75, 3.05) is 20.1 Å². The number of guanidine groups is 1. The van der Waals surface area contributed by atoms with Crippen molar-refractivity contribution in [2.45, 2.75) is 81.9 Å². The van der Waals surface area contributed by atoms with Gasteiger partial charge in [0.05, 0.1) is 4.90 Å². The molecule has 0 amide bonds. The van der Waals surface area contributed by atoms with E-state index in [1.807, 2.05) is 32.9 Å². The van der Waals surface area contributed by atoms with Crippen LogP contribution < -0.4 is 15.4 Å². The molecule has 3 N–H and O–H groups in total. The van der Waals surface area contributed by atoms with Gasteiger partial charge >= 0.3 is 0 Å². The van der Waals surface area contributed by atoms with Crippen molar-refractivity contribution in [3.8, 4) is 0 Å². The van der Waals surface area contributed by atoms with Crippen LogP contribution in [0, 0.1) is 0 Å². The SMILES string of the molecule is CN=C(NCc1ccccc1S(=O)(=O)NC(C)(C)C)NC1CCN(C2CCCC2)C1. The van der Waals surface area contributed by atoms with E-state index in [2.05, 4.69) is 25.2 Å². The minimum absolute atomic E-state index is 0.302. The highest BCUT2D eigenvalue weighted by Crippen LogP contribution is 2.26. The Hall–Kier alpha value is -1.64. The molecule has 0 aromatic heterocycles. The van der Waals surface area contributed by atoms with Crippen molar-refractivity contribution < 1.29 is 8.42 Å². The van der Waals surface area contributed by atoms with E-state index in [0.717, 1.165) is 31.1 Å². The zero-order chi connectivity index (χ0) is 21.8. The number of likely N-dealkylation sites (tertiary alicyclic amines) is 1. The van der Waals surface area contributed by atoms with Crippen LogP contribution in [0.5, 0.6) is 0 Å². The molecule has 7 nitrogen and oxygen atoms in total. The lowest BCUT2D eigenvalue weighted by molar-refractivity contribution is 0.242. The average molecular weight is 436 g/mol. The van der Waals surface area contributed by atoms with Gasteiger partial charge in [-0.05, 0) is 51.7 Å². The molecule has 1 heterocycles. The molecule has 1 aliphatic heterocycles. The standard InChI is InChI=1S/C22H37N5O2S/c1-22(2,3)26-30(28,29)20-12-8-5-9-17(20)15-24-21(23-4)25-18-13-14-27(16-18)19-10-6-7-11-19/h5,8-9,12,18-19,26H,6-7,10-11,13-16H2,1-4H3,(H2,23,24,25). The molecular weight excluding hydrogens is 398 g/mol. The Labute approximate surface area is 181 Å². The monoisotopic (exact) mass is 435 g/mol. The van der Waals surface area contributed by atoms with Crippen LogP contribution in [0.25, 0.3) is 0 Å². The molecule has 1 unspecified atom stereocenters. The summed E-state index contributed by atoms with van der Waals surface area (Å²) in [5, 5.41) is 6.82. The minimum atomic E-state index is -3.60. The number of sulfonamides is 1. The third kappa shape index (κ3) is 6.18. The Bertz CT molecular complexity index is 841. The van der Waals surface area contributed by atoms with Gasteiger partial charge in [-0.25, -0.2) is 13.1 Å². The Kier molecular flexibility index (Phi) is 7.42. The summed E-state index contributed by atoms with van der Waals surface area (Å²) < 4.78 is 28.4. The summed E-state index contributed by atoms with van der Waals surface area (Å²) in [7, 11) is -1.85. The number of hydrogen-bond acceptors (Lipinski definition) is 4. The first-order valence-corrected chi connectivity index (χ1v) is 12.5. The quantitative estimate of drug-likeness (QED) is 0.472. The molecule has 2 aliphatic rings. The highest BCUT2D eigenvalue weighted by atomic mass is 32.2. The molecule has 8 heteroatoms. The topological polar surface area (TPSA) is 85.8 Å². The molecule has 0 bridgehead atoms. The van der Waals surface area contributed by atoms with E-state index in [4.69, 9.17) is 0 Å². The number of benzene rings is 1. The summed E-state index contributed by atoms with van der Waals surface area (Å²) >= 11 is 0. The van der Waals surface area contributed by atoms with Gasteiger partial charge in [0, 0.05) is 44.3 Å². The third-order valence-electron chi connectivity index (χ3n) is 5.77. The first-order valence-electron chi connectivity index (χ1n) is 11.0. The predicted molar refractivity (Wildman–Crippen MR) is 122 cm³/mol. The highest BCUT2D eigenvalue weighted by molar-refractivity contribution is 7.89. The van der Waals surface area contributed by atoms with Crippen LogP contribution in [0.2, 0.25) is 0 Å². The molecule has 0 spiro atoms. The summed E-state index contributed by atoms with van der Waals surface area (Å²) in [6, 6.07) is 8.23. The Morgan fingerprint density at radius 2 is 1.87 bits per heavy atom.